The van der Waals surface area contributed by atoms with Gasteiger partial charge >= 0.3 is 0 Å². The van der Waals surface area contributed by atoms with Gasteiger partial charge in [-0.1, -0.05) is 36.3 Å². The second kappa shape index (κ2) is 8.39. The van der Waals surface area contributed by atoms with E-state index in [9.17, 15) is 0 Å². The van der Waals surface area contributed by atoms with Crippen LogP contribution in [-0.2, 0) is 0 Å². The number of piperazine rings is 1. The highest BCUT2D eigenvalue weighted by Crippen LogP contribution is 2.32. The van der Waals surface area contributed by atoms with E-state index in [2.05, 4.69) is 17.1 Å². The van der Waals surface area contributed by atoms with E-state index in [1.54, 1.807) is 11.3 Å². The average Bonchev–Trinajstić information content (AvgIpc) is 2.82. The van der Waals surface area contributed by atoms with Crippen LogP contribution in [0.1, 0.15) is 19.8 Å². The fraction of sp³-hybridized carbons (Fsp3) is 0.500. The standard InChI is InChI=1S/C14H18ClN3S.2ClH/c1-2-3-11-9-16-6-7-18(11)14-17-12-5-4-10(15)8-13(12)19-14;;/h4-5,8,11,16H,2-3,6-7,9H2,1H3;2*1H/t11-;;/m0../s1. The van der Waals surface area contributed by atoms with Crippen LogP contribution in [0.2, 0.25) is 5.02 Å². The van der Waals surface area contributed by atoms with Gasteiger partial charge in [0.2, 0.25) is 0 Å². The lowest BCUT2D eigenvalue weighted by Gasteiger charge is -2.36. The molecule has 0 aliphatic carbocycles. The normalized spacial score (nSPS) is 18.2. The summed E-state index contributed by atoms with van der Waals surface area (Å²) in [4.78, 5) is 7.22. The van der Waals surface area contributed by atoms with Gasteiger partial charge in [0, 0.05) is 30.7 Å². The van der Waals surface area contributed by atoms with Crippen molar-refractivity contribution >= 4 is 63.1 Å². The third-order valence-electron chi connectivity index (χ3n) is 3.56. The van der Waals surface area contributed by atoms with Gasteiger partial charge in [0.05, 0.1) is 10.2 Å². The zero-order valence-electron chi connectivity index (χ0n) is 11.8. The molecule has 21 heavy (non-hydrogen) atoms. The van der Waals surface area contributed by atoms with Crippen molar-refractivity contribution in [1.82, 2.24) is 10.3 Å². The number of benzene rings is 1. The third kappa shape index (κ3) is 4.14. The van der Waals surface area contributed by atoms with Crippen LogP contribution in [0.15, 0.2) is 18.2 Å². The molecule has 1 fully saturated rings. The first-order valence-electron chi connectivity index (χ1n) is 6.81. The number of aromatic nitrogens is 1. The lowest BCUT2D eigenvalue weighted by atomic mass is 10.1. The smallest absolute Gasteiger partial charge is 0.186 e. The van der Waals surface area contributed by atoms with E-state index >= 15 is 0 Å². The molecule has 3 nitrogen and oxygen atoms in total. The summed E-state index contributed by atoms with van der Waals surface area (Å²) in [6.45, 7) is 5.38. The summed E-state index contributed by atoms with van der Waals surface area (Å²) in [7, 11) is 0. The molecule has 2 heterocycles. The summed E-state index contributed by atoms with van der Waals surface area (Å²) in [6, 6.07) is 6.49. The second-order valence-electron chi connectivity index (χ2n) is 4.95. The molecule has 0 unspecified atom stereocenters. The number of nitrogens with one attached hydrogen (secondary N) is 1. The Bertz CT molecular complexity index is 574. The summed E-state index contributed by atoms with van der Waals surface area (Å²) in [6.07, 6.45) is 2.42. The van der Waals surface area contributed by atoms with Crippen molar-refractivity contribution in [2.24, 2.45) is 0 Å². The summed E-state index contributed by atoms with van der Waals surface area (Å²) in [5.41, 5.74) is 1.05. The molecule has 2 aromatic rings. The molecule has 1 saturated heterocycles. The molecule has 1 N–H and O–H groups in total. The minimum atomic E-state index is 0. The van der Waals surface area contributed by atoms with Crippen LogP contribution >= 0.6 is 47.8 Å². The molecule has 0 spiro atoms. The van der Waals surface area contributed by atoms with E-state index in [1.807, 2.05) is 18.2 Å². The van der Waals surface area contributed by atoms with Gasteiger partial charge in [0.15, 0.2) is 5.13 Å². The predicted octanol–water partition coefficient (Wildman–Crippen LogP) is 4.37. The molecule has 1 aromatic carbocycles. The van der Waals surface area contributed by atoms with Crippen LogP contribution in [0.5, 0.6) is 0 Å². The Kier molecular flexibility index (Phi) is 7.51. The van der Waals surface area contributed by atoms with E-state index in [0.717, 1.165) is 35.3 Å². The summed E-state index contributed by atoms with van der Waals surface area (Å²) in [5, 5.41) is 5.40. The van der Waals surface area contributed by atoms with Gasteiger partial charge in [-0.3, -0.25) is 0 Å². The summed E-state index contributed by atoms with van der Waals surface area (Å²) >= 11 is 7.80. The molecule has 118 valence electrons. The van der Waals surface area contributed by atoms with Crippen molar-refractivity contribution in [1.29, 1.82) is 0 Å². The van der Waals surface area contributed by atoms with Gasteiger partial charge in [-0.25, -0.2) is 4.98 Å². The van der Waals surface area contributed by atoms with Crippen LogP contribution in [-0.4, -0.2) is 30.7 Å². The van der Waals surface area contributed by atoms with Gasteiger partial charge in [-0.05, 0) is 24.6 Å². The fourth-order valence-electron chi connectivity index (χ4n) is 2.61. The van der Waals surface area contributed by atoms with Gasteiger partial charge in [-0.15, -0.1) is 24.8 Å². The molecule has 0 saturated carbocycles. The maximum atomic E-state index is 6.05. The number of thiazole rings is 1. The van der Waals surface area contributed by atoms with Gasteiger partial charge in [0.1, 0.15) is 0 Å². The van der Waals surface area contributed by atoms with E-state index in [0.29, 0.717) is 6.04 Å². The Morgan fingerprint density at radius 2 is 2.24 bits per heavy atom. The topological polar surface area (TPSA) is 28.2 Å². The number of rotatable bonds is 3. The molecule has 0 bridgehead atoms. The Labute approximate surface area is 146 Å². The zero-order chi connectivity index (χ0) is 13.2. The molecular formula is C14H20Cl3N3S. The highest BCUT2D eigenvalue weighted by molar-refractivity contribution is 7.22. The SMILES string of the molecule is CCC[C@H]1CNCCN1c1nc2ccc(Cl)cc2s1.Cl.Cl. The highest BCUT2D eigenvalue weighted by Gasteiger charge is 2.24. The minimum absolute atomic E-state index is 0. The fourth-order valence-corrected chi connectivity index (χ4v) is 3.95. The van der Waals surface area contributed by atoms with Gasteiger partial charge < -0.3 is 10.2 Å². The van der Waals surface area contributed by atoms with Crippen molar-refractivity contribution in [2.75, 3.05) is 24.5 Å². The largest absolute Gasteiger partial charge is 0.343 e. The molecule has 0 radical (unpaired) electrons. The molecular weight excluding hydrogens is 349 g/mol. The van der Waals surface area contributed by atoms with E-state index < -0.39 is 0 Å². The Morgan fingerprint density at radius 3 is 3.00 bits per heavy atom. The van der Waals surface area contributed by atoms with Crippen LogP contribution in [0, 0.1) is 0 Å². The summed E-state index contributed by atoms with van der Waals surface area (Å²) in [5.74, 6) is 0. The van der Waals surface area contributed by atoms with E-state index in [4.69, 9.17) is 16.6 Å². The van der Waals surface area contributed by atoms with E-state index in [-0.39, 0.29) is 24.8 Å². The maximum Gasteiger partial charge on any atom is 0.186 e. The van der Waals surface area contributed by atoms with Crippen molar-refractivity contribution in [3.63, 3.8) is 0 Å². The zero-order valence-corrected chi connectivity index (χ0v) is 15.0. The lowest BCUT2D eigenvalue weighted by Crippen LogP contribution is -2.51. The Balaban J connectivity index is 0.00000110. The quantitative estimate of drug-likeness (QED) is 0.872. The number of nitrogens with zero attached hydrogens (tertiary/aromatic N) is 2. The molecule has 1 aromatic heterocycles. The first-order valence-corrected chi connectivity index (χ1v) is 8.01. The Morgan fingerprint density at radius 1 is 1.43 bits per heavy atom. The molecule has 7 heteroatoms. The first-order chi connectivity index (χ1) is 9.28. The minimum Gasteiger partial charge on any atom is -0.343 e. The van der Waals surface area contributed by atoms with Crippen molar-refractivity contribution in [3.05, 3.63) is 23.2 Å². The molecule has 3 rings (SSSR count). The van der Waals surface area contributed by atoms with Crippen molar-refractivity contribution in [3.8, 4) is 0 Å². The van der Waals surface area contributed by atoms with Gasteiger partial charge in [-0.2, -0.15) is 0 Å². The number of hydrogen-bond acceptors (Lipinski definition) is 4. The predicted molar refractivity (Wildman–Crippen MR) is 98.0 cm³/mol. The summed E-state index contributed by atoms with van der Waals surface area (Å²) < 4.78 is 1.18. The Hall–Kier alpha value is -0.260. The van der Waals surface area contributed by atoms with E-state index in [1.165, 1.54) is 17.5 Å². The number of fused-ring (bicyclic) bond motifs is 1. The number of halogens is 3. The molecule has 1 aliphatic rings. The average molecular weight is 369 g/mol. The highest BCUT2D eigenvalue weighted by atomic mass is 35.5. The van der Waals surface area contributed by atoms with Crippen LogP contribution in [0.25, 0.3) is 10.2 Å². The monoisotopic (exact) mass is 367 g/mol. The maximum absolute atomic E-state index is 6.05. The second-order valence-corrected chi connectivity index (χ2v) is 6.39. The molecule has 1 aliphatic heterocycles. The van der Waals surface area contributed by atoms with Crippen molar-refractivity contribution < 1.29 is 0 Å². The number of hydrogen-bond donors (Lipinski definition) is 1. The first kappa shape index (κ1) is 18.8. The van der Waals surface area contributed by atoms with Crippen LogP contribution in [0.4, 0.5) is 5.13 Å². The van der Waals surface area contributed by atoms with Crippen LogP contribution < -0.4 is 10.2 Å². The number of anilines is 1. The van der Waals surface area contributed by atoms with Crippen molar-refractivity contribution in [2.45, 2.75) is 25.8 Å². The molecule has 1 atom stereocenters. The molecule has 0 amide bonds. The lowest BCUT2D eigenvalue weighted by molar-refractivity contribution is 0.450. The van der Waals surface area contributed by atoms with Crippen LogP contribution in [0.3, 0.4) is 0 Å². The van der Waals surface area contributed by atoms with Gasteiger partial charge in [0.25, 0.3) is 0 Å². The third-order valence-corrected chi connectivity index (χ3v) is 4.85.